The van der Waals surface area contributed by atoms with Crippen molar-refractivity contribution >= 4 is 40.2 Å². The molecule has 1 saturated heterocycles. The van der Waals surface area contributed by atoms with Crippen molar-refractivity contribution in [3.63, 3.8) is 0 Å². The van der Waals surface area contributed by atoms with Crippen molar-refractivity contribution in [2.24, 2.45) is 12.8 Å². The summed E-state index contributed by atoms with van der Waals surface area (Å²) in [6.07, 6.45) is 0.830. The van der Waals surface area contributed by atoms with Crippen molar-refractivity contribution in [1.29, 1.82) is 0 Å². The fourth-order valence-electron chi connectivity index (χ4n) is 4.55. The van der Waals surface area contributed by atoms with Crippen LogP contribution in [0.15, 0.2) is 53.9 Å². The molecule has 0 radical (unpaired) electrons. The summed E-state index contributed by atoms with van der Waals surface area (Å²) in [5, 5.41) is 2.89. The number of morpholine rings is 1. The van der Waals surface area contributed by atoms with Crippen molar-refractivity contribution in [3.8, 4) is 5.75 Å². The lowest BCUT2D eigenvalue weighted by Crippen LogP contribution is -2.37. The monoisotopic (exact) mass is 634 g/mol. The van der Waals surface area contributed by atoms with Crippen LogP contribution in [0.1, 0.15) is 31.5 Å². The third-order valence-corrected chi connectivity index (χ3v) is 7.10. The molecule has 0 atom stereocenters. The molecule has 4 aromatic heterocycles. The summed E-state index contributed by atoms with van der Waals surface area (Å²) in [6.45, 7) is 7.45. The number of nitrogens with zero attached hydrogens (tertiary/aromatic N) is 6. The van der Waals surface area contributed by atoms with Gasteiger partial charge in [0.2, 0.25) is 5.95 Å². The Kier molecular flexibility index (Phi) is 10.8. The van der Waals surface area contributed by atoms with E-state index in [1.165, 1.54) is 17.0 Å². The first kappa shape index (κ1) is 32.8. The molecule has 1 fully saturated rings. The number of aromatic nitrogens is 5. The summed E-state index contributed by atoms with van der Waals surface area (Å²) >= 11 is 6.65. The molecule has 11 nitrogen and oxygen atoms in total. The van der Waals surface area contributed by atoms with E-state index in [1.807, 2.05) is 13.8 Å². The second-order valence-corrected chi connectivity index (χ2v) is 9.90. The first-order chi connectivity index (χ1) is 21.2. The summed E-state index contributed by atoms with van der Waals surface area (Å²) < 4.78 is 55.1. The first-order valence-electron chi connectivity index (χ1n) is 14.1. The zero-order valence-electron chi connectivity index (χ0n) is 24.6. The van der Waals surface area contributed by atoms with Gasteiger partial charge in [-0.1, -0.05) is 31.5 Å². The van der Waals surface area contributed by atoms with Crippen LogP contribution in [0.3, 0.4) is 0 Å². The van der Waals surface area contributed by atoms with Gasteiger partial charge >= 0.3 is 6.18 Å². The number of hydrogen-bond acceptors (Lipinski definition) is 9. The lowest BCUT2D eigenvalue weighted by atomic mass is 10.2. The zero-order chi connectivity index (χ0) is 31.9. The van der Waals surface area contributed by atoms with Gasteiger partial charge in [0.05, 0.1) is 25.0 Å². The van der Waals surface area contributed by atoms with Crippen LogP contribution >= 0.6 is 11.6 Å². The van der Waals surface area contributed by atoms with E-state index in [9.17, 15) is 18.0 Å². The number of halogens is 4. The van der Waals surface area contributed by atoms with Gasteiger partial charge < -0.3 is 29.7 Å². The Labute approximate surface area is 257 Å². The number of anilines is 2. The predicted molar refractivity (Wildman–Crippen MR) is 163 cm³/mol. The Balaban J connectivity index is 0.00000216. The topological polar surface area (TPSA) is 125 Å². The van der Waals surface area contributed by atoms with Crippen molar-refractivity contribution in [2.45, 2.75) is 33.0 Å². The van der Waals surface area contributed by atoms with E-state index in [2.05, 4.69) is 25.2 Å². The number of pyridine rings is 3. The molecule has 4 aromatic rings. The van der Waals surface area contributed by atoms with E-state index in [4.69, 9.17) is 26.8 Å². The van der Waals surface area contributed by atoms with Crippen LogP contribution in [-0.2, 0) is 24.5 Å². The van der Waals surface area contributed by atoms with Crippen LogP contribution in [-0.4, -0.2) is 61.8 Å². The SMILES string of the molecule is CC.Cn1c(Nc2cc(C(F)(F)F)cn(CCCN3CCOCC3)c2=O)nc2ncc(O/C(=C/N)c3ccccn3)c(Cl)c21. The number of ether oxygens (including phenoxy) is 2. The van der Waals surface area contributed by atoms with E-state index in [-0.39, 0.29) is 40.4 Å². The third-order valence-electron chi connectivity index (χ3n) is 6.73. The van der Waals surface area contributed by atoms with E-state index in [0.717, 1.165) is 29.9 Å². The predicted octanol–water partition coefficient (Wildman–Crippen LogP) is 5.03. The Bertz CT molecular complexity index is 1650. The largest absolute Gasteiger partial charge is 0.450 e. The molecule has 0 amide bonds. The maximum absolute atomic E-state index is 13.8. The Hall–Kier alpha value is -4.14. The van der Waals surface area contributed by atoms with E-state index >= 15 is 0 Å². The number of imidazole rings is 1. The molecule has 5 heterocycles. The van der Waals surface area contributed by atoms with Crippen molar-refractivity contribution < 1.29 is 22.6 Å². The Morgan fingerprint density at radius 3 is 2.61 bits per heavy atom. The molecule has 236 valence electrons. The maximum atomic E-state index is 13.8. The molecule has 1 aliphatic rings. The average Bonchev–Trinajstić information content (AvgIpc) is 3.35. The van der Waals surface area contributed by atoms with Gasteiger partial charge in [-0.25, -0.2) is 4.98 Å². The molecule has 0 unspecified atom stereocenters. The highest BCUT2D eigenvalue weighted by atomic mass is 35.5. The number of rotatable bonds is 9. The number of nitrogens with two attached hydrogens (primary N) is 1. The van der Waals surface area contributed by atoms with Crippen LogP contribution in [0.4, 0.5) is 24.8 Å². The highest BCUT2D eigenvalue weighted by molar-refractivity contribution is 6.36. The van der Waals surface area contributed by atoms with Gasteiger partial charge in [0, 0.05) is 51.8 Å². The minimum Gasteiger partial charge on any atom is -0.450 e. The Morgan fingerprint density at radius 1 is 1.20 bits per heavy atom. The molecule has 0 aromatic carbocycles. The van der Waals surface area contributed by atoms with E-state index in [0.29, 0.717) is 37.4 Å². The van der Waals surface area contributed by atoms with E-state index in [1.54, 1.807) is 31.4 Å². The van der Waals surface area contributed by atoms with Gasteiger partial charge in [-0.2, -0.15) is 18.2 Å². The molecular formula is C29H34ClF3N8O3. The third kappa shape index (κ3) is 7.49. The van der Waals surface area contributed by atoms with Gasteiger partial charge in [-0.15, -0.1) is 0 Å². The fraction of sp³-hybridized carbons (Fsp3) is 0.379. The van der Waals surface area contributed by atoms with Gasteiger partial charge in [-0.05, 0) is 24.6 Å². The van der Waals surface area contributed by atoms with Gasteiger partial charge in [-0.3, -0.25) is 14.7 Å². The average molecular weight is 635 g/mol. The van der Waals surface area contributed by atoms with Crippen molar-refractivity contribution in [3.05, 3.63) is 75.7 Å². The quantitative estimate of drug-likeness (QED) is 0.244. The molecule has 3 N–H and O–H groups in total. The van der Waals surface area contributed by atoms with Crippen LogP contribution in [0.5, 0.6) is 5.75 Å². The molecule has 0 spiro atoms. The maximum Gasteiger partial charge on any atom is 0.417 e. The number of nitrogens with one attached hydrogen (secondary N) is 1. The van der Waals surface area contributed by atoms with Crippen LogP contribution in [0.2, 0.25) is 5.02 Å². The number of alkyl halides is 3. The standard InChI is InChI=1S/C27H28ClF3N8O3.C2H6/c1-37-23-22(28)21(42-20(14-32)18-5-2-3-6-33-18)15-34-24(23)36-26(37)35-19-13-17(27(29,30)31)16-39(25(19)40)8-4-7-38-9-11-41-12-10-38;1-2/h2-3,5-6,13-16H,4,7-12,32H2,1H3,(H,34,35,36);1-2H3/b20-14+;. The molecule has 44 heavy (non-hydrogen) atoms. The highest BCUT2D eigenvalue weighted by Crippen LogP contribution is 2.35. The van der Waals surface area contributed by atoms with Crippen LogP contribution in [0, 0.1) is 0 Å². The summed E-state index contributed by atoms with van der Waals surface area (Å²) in [4.78, 5) is 28.2. The molecule has 0 saturated carbocycles. The second-order valence-electron chi connectivity index (χ2n) is 9.52. The molecule has 0 aliphatic carbocycles. The molecule has 5 rings (SSSR count). The molecular weight excluding hydrogens is 601 g/mol. The second kappa shape index (κ2) is 14.6. The zero-order valence-corrected chi connectivity index (χ0v) is 25.3. The lowest BCUT2D eigenvalue weighted by Gasteiger charge is -2.26. The smallest absolute Gasteiger partial charge is 0.417 e. The number of fused-ring (bicyclic) bond motifs is 1. The van der Waals surface area contributed by atoms with Gasteiger partial charge in [0.1, 0.15) is 21.9 Å². The van der Waals surface area contributed by atoms with E-state index < -0.39 is 17.3 Å². The van der Waals surface area contributed by atoms with Gasteiger partial charge in [0.25, 0.3) is 5.56 Å². The van der Waals surface area contributed by atoms with Crippen LogP contribution < -0.4 is 21.3 Å². The molecule has 1 aliphatic heterocycles. The van der Waals surface area contributed by atoms with Gasteiger partial charge in [0.15, 0.2) is 17.2 Å². The minimum atomic E-state index is -4.67. The van der Waals surface area contributed by atoms with Crippen molar-refractivity contribution in [1.82, 2.24) is 29.0 Å². The summed E-state index contributed by atoms with van der Waals surface area (Å²) in [7, 11) is 1.59. The molecule has 15 heteroatoms. The first-order valence-corrected chi connectivity index (χ1v) is 14.4. The van der Waals surface area contributed by atoms with Crippen molar-refractivity contribution in [2.75, 3.05) is 38.2 Å². The highest BCUT2D eigenvalue weighted by Gasteiger charge is 2.32. The summed E-state index contributed by atoms with van der Waals surface area (Å²) in [6, 6.07) is 5.99. The number of aryl methyl sites for hydroxylation is 2. The fourth-order valence-corrected chi connectivity index (χ4v) is 4.85. The minimum absolute atomic E-state index is 0.0622. The Morgan fingerprint density at radius 2 is 1.95 bits per heavy atom. The number of hydrogen-bond donors (Lipinski definition) is 2. The normalized spacial score (nSPS) is 14.3. The van der Waals surface area contributed by atoms with Crippen LogP contribution in [0.25, 0.3) is 16.9 Å². The summed E-state index contributed by atoms with van der Waals surface area (Å²) in [5.41, 5.74) is 4.85. The lowest BCUT2D eigenvalue weighted by molar-refractivity contribution is -0.138. The summed E-state index contributed by atoms with van der Waals surface area (Å²) in [5.74, 6) is 0.451. The molecule has 0 bridgehead atoms.